The van der Waals surface area contributed by atoms with Crippen LogP contribution in [0.25, 0.3) is 0 Å². The van der Waals surface area contributed by atoms with Crippen LogP contribution in [0.15, 0.2) is 12.1 Å². The molecular weight excluding hydrogens is 454 g/mol. The van der Waals surface area contributed by atoms with Crippen LogP contribution in [0, 0.1) is 5.92 Å². The quantitative estimate of drug-likeness (QED) is 0.448. The second-order valence-electron chi connectivity index (χ2n) is 7.36. The summed E-state index contributed by atoms with van der Waals surface area (Å²) in [6, 6.07) is 2.19. The summed E-state index contributed by atoms with van der Waals surface area (Å²) >= 11 is 12.2. The highest BCUT2D eigenvalue weighted by Gasteiger charge is 2.48. The number of carbonyl (C=O) groups excluding carboxylic acids is 1. The Bertz CT molecular complexity index is 863. The Balaban J connectivity index is 1.73. The van der Waals surface area contributed by atoms with Gasteiger partial charge in [-0.2, -0.15) is 21.6 Å². The lowest BCUT2D eigenvalue weighted by molar-refractivity contribution is -0.133. The molecular formula is C18H20Cl2F3NO4S. The predicted molar refractivity (Wildman–Crippen MR) is 102 cm³/mol. The number of carbonyl (C=O) groups is 1. The minimum Gasteiger partial charge on any atom is -0.376 e. The molecule has 5 nitrogen and oxygen atoms in total. The van der Waals surface area contributed by atoms with Gasteiger partial charge in [-0.1, -0.05) is 42.5 Å². The lowest BCUT2D eigenvalue weighted by atomic mass is 9.94. The van der Waals surface area contributed by atoms with Gasteiger partial charge < -0.3 is 9.08 Å². The summed E-state index contributed by atoms with van der Waals surface area (Å²) in [6.45, 7) is 0.661. The molecule has 11 heteroatoms. The van der Waals surface area contributed by atoms with Gasteiger partial charge in [-0.05, 0) is 31.2 Å². The van der Waals surface area contributed by atoms with Crippen LogP contribution < -0.4 is 4.18 Å². The van der Waals surface area contributed by atoms with Crippen molar-refractivity contribution in [1.29, 1.82) is 0 Å². The minimum absolute atomic E-state index is 0.0315. The summed E-state index contributed by atoms with van der Waals surface area (Å²) in [5.74, 6) is -0.927. The van der Waals surface area contributed by atoms with Crippen molar-refractivity contribution >= 4 is 39.2 Å². The lowest BCUT2D eigenvalue weighted by Crippen LogP contribution is -2.39. The summed E-state index contributed by atoms with van der Waals surface area (Å²) in [7, 11) is -5.83. The van der Waals surface area contributed by atoms with Crippen LogP contribution in [0.1, 0.15) is 44.1 Å². The van der Waals surface area contributed by atoms with Crippen molar-refractivity contribution in [2.75, 3.05) is 6.54 Å². The highest BCUT2D eigenvalue weighted by Crippen LogP contribution is 2.37. The summed E-state index contributed by atoms with van der Waals surface area (Å²) in [5, 5.41) is -0.0948. The van der Waals surface area contributed by atoms with Crippen LogP contribution in [0.5, 0.6) is 5.75 Å². The maximum Gasteiger partial charge on any atom is 0.534 e. The van der Waals surface area contributed by atoms with Gasteiger partial charge in [0.1, 0.15) is 5.75 Å². The van der Waals surface area contributed by atoms with E-state index < -0.39 is 21.4 Å². The second kappa shape index (κ2) is 8.51. The van der Waals surface area contributed by atoms with Crippen molar-refractivity contribution in [3.63, 3.8) is 0 Å². The zero-order chi connectivity index (χ0) is 21.4. The molecule has 0 aromatic heterocycles. The van der Waals surface area contributed by atoms with E-state index in [2.05, 4.69) is 4.18 Å². The van der Waals surface area contributed by atoms with E-state index in [1.807, 2.05) is 4.90 Å². The van der Waals surface area contributed by atoms with E-state index in [1.165, 1.54) is 6.42 Å². The van der Waals surface area contributed by atoms with Gasteiger partial charge in [-0.3, -0.25) is 4.79 Å². The topological polar surface area (TPSA) is 63.7 Å². The summed E-state index contributed by atoms with van der Waals surface area (Å²) in [5.41, 5.74) is -5.18. The molecule has 29 heavy (non-hydrogen) atoms. The number of nitrogens with zero attached hydrogens (tertiary/aromatic N) is 1. The fraction of sp³-hybridized carbons (Fsp3) is 0.611. The molecule has 2 fully saturated rings. The molecule has 1 aromatic carbocycles. The molecule has 1 saturated carbocycles. The smallest absolute Gasteiger partial charge is 0.376 e. The third kappa shape index (κ3) is 4.94. The van der Waals surface area contributed by atoms with Gasteiger partial charge in [0.2, 0.25) is 5.91 Å². The largest absolute Gasteiger partial charge is 0.534 e. The Labute approximate surface area is 177 Å². The van der Waals surface area contributed by atoms with E-state index in [9.17, 15) is 26.4 Å². The highest BCUT2D eigenvalue weighted by atomic mass is 35.5. The van der Waals surface area contributed by atoms with Crippen LogP contribution in [0.3, 0.4) is 0 Å². The number of halogens is 5. The van der Waals surface area contributed by atoms with E-state index in [0.717, 1.165) is 37.8 Å². The Hall–Kier alpha value is -1.19. The molecule has 0 spiro atoms. The molecule has 0 radical (unpaired) electrons. The zero-order valence-electron chi connectivity index (χ0n) is 15.3. The zero-order valence-corrected chi connectivity index (χ0v) is 17.7. The third-order valence-corrected chi connectivity index (χ3v) is 7.07. The molecule has 1 aliphatic carbocycles. The molecule has 1 atom stereocenters. The van der Waals surface area contributed by atoms with Crippen LogP contribution in [-0.2, 0) is 21.3 Å². The van der Waals surface area contributed by atoms with Gasteiger partial charge >= 0.3 is 15.6 Å². The van der Waals surface area contributed by atoms with Crippen molar-refractivity contribution in [1.82, 2.24) is 4.90 Å². The van der Waals surface area contributed by atoms with E-state index in [4.69, 9.17) is 23.2 Å². The first-order chi connectivity index (χ1) is 13.5. The van der Waals surface area contributed by atoms with Crippen molar-refractivity contribution in [3.05, 3.63) is 27.7 Å². The van der Waals surface area contributed by atoms with E-state index >= 15 is 0 Å². The van der Waals surface area contributed by atoms with Gasteiger partial charge in [0.25, 0.3) is 0 Å². The van der Waals surface area contributed by atoms with Crippen molar-refractivity contribution in [3.8, 4) is 5.75 Å². The standard InChI is InChI=1S/C18H20Cl2F3NO4S/c19-15-9-13(28-29(26,27)18(21,22)23)10-16(20)14(15)8-11-6-7-24(17(11)25)12-4-2-1-3-5-12/h9-12H,1-8H2/t11-/m0/s1. The number of alkyl halides is 3. The normalized spacial score (nSPS) is 21.6. The molecule has 1 amide bonds. The third-order valence-electron chi connectivity index (χ3n) is 5.42. The number of rotatable bonds is 5. The van der Waals surface area contributed by atoms with E-state index in [0.29, 0.717) is 18.5 Å². The number of amides is 1. The van der Waals surface area contributed by atoms with Crippen LogP contribution in [-0.4, -0.2) is 37.3 Å². The fourth-order valence-electron chi connectivity index (χ4n) is 3.95. The van der Waals surface area contributed by atoms with Gasteiger partial charge in [-0.25, -0.2) is 0 Å². The Morgan fingerprint density at radius 2 is 1.66 bits per heavy atom. The average molecular weight is 474 g/mol. The highest BCUT2D eigenvalue weighted by molar-refractivity contribution is 7.88. The first kappa shape index (κ1) is 22.5. The van der Waals surface area contributed by atoms with Crippen LogP contribution in [0.2, 0.25) is 10.0 Å². The second-order valence-corrected chi connectivity index (χ2v) is 9.71. The van der Waals surface area contributed by atoms with Gasteiger partial charge in [-0.15, -0.1) is 0 Å². The number of likely N-dealkylation sites (tertiary alicyclic amines) is 1. The molecule has 0 N–H and O–H groups in total. The van der Waals surface area contributed by atoms with E-state index in [1.54, 1.807) is 0 Å². The van der Waals surface area contributed by atoms with E-state index in [-0.39, 0.29) is 34.3 Å². The molecule has 1 saturated heterocycles. The number of hydrogen-bond acceptors (Lipinski definition) is 4. The molecule has 1 aromatic rings. The Morgan fingerprint density at radius 1 is 1.07 bits per heavy atom. The first-order valence-corrected chi connectivity index (χ1v) is 11.4. The maximum absolute atomic E-state index is 12.8. The Kier molecular flexibility index (Phi) is 6.60. The molecule has 3 rings (SSSR count). The van der Waals surface area contributed by atoms with Crippen LogP contribution in [0.4, 0.5) is 13.2 Å². The van der Waals surface area contributed by atoms with Gasteiger partial charge in [0, 0.05) is 40.7 Å². The molecule has 162 valence electrons. The first-order valence-electron chi connectivity index (χ1n) is 9.29. The predicted octanol–water partition coefficient (Wildman–Crippen LogP) is 4.95. The van der Waals surface area contributed by atoms with Crippen molar-refractivity contribution in [2.45, 2.75) is 56.5 Å². The average Bonchev–Trinajstić information content (AvgIpc) is 2.98. The SMILES string of the molecule is O=C1[C@H](Cc2c(Cl)cc(OS(=O)(=O)C(F)(F)F)cc2Cl)CCN1C1CCCCC1. The maximum atomic E-state index is 12.8. The summed E-state index contributed by atoms with van der Waals surface area (Å²) < 4.78 is 63.8. The molecule has 1 aliphatic heterocycles. The molecule has 2 aliphatic rings. The Morgan fingerprint density at radius 3 is 2.21 bits per heavy atom. The minimum atomic E-state index is -5.83. The fourth-order valence-corrected chi connectivity index (χ4v) is 5.02. The molecule has 0 bridgehead atoms. The molecule has 1 heterocycles. The number of benzene rings is 1. The summed E-state index contributed by atoms with van der Waals surface area (Å²) in [6.07, 6.45) is 6.28. The summed E-state index contributed by atoms with van der Waals surface area (Å²) in [4.78, 5) is 14.7. The molecule has 0 unspecified atom stereocenters. The lowest BCUT2D eigenvalue weighted by Gasteiger charge is -2.31. The van der Waals surface area contributed by atoms with Gasteiger partial charge in [0.05, 0.1) is 0 Å². The van der Waals surface area contributed by atoms with Crippen molar-refractivity contribution < 1.29 is 30.6 Å². The van der Waals surface area contributed by atoms with Gasteiger partial charge in [0.15, 0.2) is 0 Å². The monoisotopic (exact) mass is 473 g/mol. The van der Waals surface area contributed by atoms with Crippen LogP contribution >= 0.6 is 23.2 Å². The number of hydrogen-bond donors (Lipinski definition) is 0. The van der Waals surface area contributed by atoms with Crippen molar-refractivity contribution in [2.24, 2.45) is 5.92 Å².